The van der Waals surface area contributed by atoms with E-state index >= 15 is 0 Å². The Hall–Kier alpha value is 2.25. The van der Waals surface area contributed by atoms with Gasteiger partial charge in [0.15, 0.2) is 0 Å². The minimum absolute atomic E-state index is 0. The van der Waals surface area contributed by atoms with E-state index in [0.717, 1.165) is 0 Å². The summed E-state index contributed by atoms with van der Waals surface area (Å²) in [6, 6.07) is 0. The van der Waals surface area contributed by atoms with Crippen LogP contribution in [-0.4, -0.2) is 76.3 Å². The van der Waals surface area contributed by atoms with Gasteiger partial charge in [-0.25, -0.2) is 0 Å². The molecule has 0 saturated heterocycles. The summed E-state index contributed by atoms with van der Waals surface area (Å²) in [4.78, 5) is 14.3. The Labute approximate surface area is 104 Å². The van der Waals surface area contributed by atoms with E-state index in [4.69, 9.17) is 14.1 Å². The van der Waals surface area contributed by atoms with E-state index in [1.54, 1.807) is 0 Å². The van der Waals surface area contributed by atoms with E-state index in [0.29, 0.717) is 0 Å². The molecule has 3 nitrogen and oxygen atoms in total. The van der Waals surface area contributed by atoms with Crippen molar-refractivity contribution < 1.29 is 39.3 Å². The molecule has 7 heavy (non-hydrogen) atoms. The predicted molar refractivity (Wildman–Crippen MR) is 28.8 cm³/mol. The van der Waals surface area contributed by atoms with E-state index in [-0.39, 0.29) is 82.8 Å². The van der Waals surface area contributed by atoms with Crippen LogP contribution in [0, 0.1) is 0 Å². The summed E-state index contributed by atoms with van der Waals surface area (Å²) >= 11 is 0. The molecule has 39 valence electrons. The molecule has 0 aliphatic carbocycles. The van der Waals surface area contributed by atoms with Crippen LogP contribution in [-0.2, 0) is 26.8 Å². The summed E-state index contributed by atoms with van der Waals surface area (Å²) in [6.07, 6.45) is 0. The maximum absolute atomic E-state index is 8.74. The minimum atomic E-state index is -3.13. The molecule has 0 aromatic heterocycles. The van der Waals surface area contributed by atoms with Crippen molar-refractivity contribution in [3.63, 3.8) is 0 Å². The monoisotopic (exact) mass is 285 g/mol. The molecule has 2 N–H and O–H groups in total. The SMILES string of the molecule is O=[Si](O)O.[Ca+2].[GaH3].[H-].[H-].[Nb]. The van der Waals surface area contributed by atoms with Gasteiger partial charge in [-0.2, -0.15) is 0 Å². The molecule has 0 atom stereocenters. The summed E-state index contributed by atoms with van der Waals surface area (Å²) in [6.45, 7) is 0. The minimum Gasteiger partial charge on any atom is -1.00 e. The molecule has 0 aliphatic heterocycles. The largest absolute Gasteiger partial charge is 1.00 e. The van der Waals surface area contributed by atoms with E-state index in [9.17, 15) is 0 Å². The van der Waals surface area contributed by atoms with Gasteiger partial charge in [0.2, 0.25) is 0 Å². The van der Waals surface area contributed by atoms with Crippen molar-refractivity contribution in [2.24, 2.45) is 0 Å². The van der Waals surface area contributed by atoms with Gasteiger partial charge in [0.05, 0.1) is 0 Å². The average molecular weight is 286 g/mol. The number of rotatable bonds is 0. The third-order valence-electron chi connectivity index (χ3n) is 0. The molecule has 0 heterocycles. The van der Waals surface area contributed by atoms with Gasteiger partial charge in [-0.05, 0) is 0 Å². The van der Waals surface area contributed by atoms with Crippen LogP contribution in [0.3, 0.4) is 0 Å². The van der Waals surface area contributed by atoms with Crippen LogP contribution in [0.15, 0.2) is 0 Å². The zero-order valence-electron chi connectivity index (χ0n) is 4.96. The van der Waals surface area contributed by atoms with Crippen molar-refractivity contribution >= 4 is 66.7 Å². The van der Waals surface area contributed by atoms with Gasteiger partial charge in [0.25, 0.3) is 0 Å². The maximum atomic E-state index is 8.74. The zero-order valence-corrected chi connectivity index (χ0v) is 8.36. The first-order chi connectivity index (χ1) is 1.73. The smallest absolute Gasteiger partial charge is 0 e. The Morgan fingerprint density at radius 1 is 1.43 bits per heavy atom. The molecule has 0 fully saturated rings. The second-order valence-electron chi connectivity index (χ2n) is 0.283. The molecule has 0 rings (SSSR count). The Balaban J connectivity index is -0.00000000450. The first-order valence-electron chi connectivity index (χ1n) is 0.651. The van der Waals surface area contributed by atoms with Crippen molar-refractivity contribution in [1.82, 2.24) is 0 Å². The van der Waals surface area contributed by atoms with Crippen LogP contribution >= 0.6 is 0 Å². The molecule has 1 radical (unpaired) electrons. The third-order valence-corrected chi connectivity index (χ3v) is 0. The molecular formula is H7CaGaNbO3Si. The molecule has 0 saturated carbocycles. The van der Waals surface area contributed by atoms with E-state index in [1.165, 1.54) is 0 Å². The van der Waals surface area contributed by atoms with Crippen LogP contribution in [0.5, 0.6) is 0 Å². The first-order valence-corrected chi connectivity index (χ1v) is 1.95. The van der Waals surface area contributed by atoms with Crippen LogP contribution < -0.4 is 0 Å². The fourth-order valence-corrected chi connectivity index (χ4v) is 0. The molecule has 0 aliphatic rings. The van der Waals surface area contributed by atoms with Crippen LogP contribution in [0.4, 0.5) is 0 Å². The molecule has 0 spiro atoms. The maximum Gasteiger partial charge on any atom is 0 e. The summed E-state index contributed by atoms with van der Waals surface area (Å²) in [5.74, 6) is 0. The third kappa shape index (κ3) is 63.6. The molecular weight excluding hydrogens is 279 g/mol. The summed E-state index contributed by atoms with van der Waals surface area (Å²) in [5.41, 5.74) is 0. The molecule has 0 amide bonds. The topological polar surface area (TPSA) is 57.5 Å². The molecule has 0 aromatic carbocycles. The van der Waals surface area contributed by atoms with Crippen molar-refractivity contribution in [1.29, 1.82) is 0 Å². The molecule has 0 aromatic rings. The number of hydrogen-bond donors (Lipinski definition) is 2. The first kappa shape index (κ1) is 22.8. The van der Waals surface area contributed by atoms with Gasteiger partial charge in [0, 0.05) is 22.4 Å². The summed E-state index contributed by atoms with van der Waals surface area (Å²) in [7, 11) is -3.13. The van der Waals surface area contributed by atoms with Crippen molar-refractivity contribution in [2.75, 3.05) is 0 Å². The second kappa shape index (κ2) is 15.7. The summed E-state index contributed by atoms with van der Waals surface area (Å²) < 4.78 is 8.74. The molecule has 7 heteroatoms. The van der Waals surface area contributed by atoms with Crippen LogP contribution in [0.2, 0.25) is 0 Å². The van der Waals surface area contributed by atoms with Crippen LogP contribution in [0.25, 0.3) is 0 Å². The quantitative estimate of drug-likeness (QED) is 0.468. The van der Waals surface area contributed by atoms with E-state index < -0.39 is 9.17 Å². The van der Waals surface area contributed by atoms with Gasteiger partial charge in [-0.3, -0.25) is 4.46 Å². The zero-order chi connectivity index (χ0) is 3.58. The average Bonchev–Trinajstić information content (AvgIpc) is 0.811. The Morgan fingerprint density at radius 2 is 1.43 bits per heavy atom. The van der Waals surface area contributed by atoms with Crippen LogP contribution in [0.1, 0.15) is 2.85 Å². The number of hydrogen-bond acceptors (Lipinski definition) is 1. The molecule has 0 bridgehead atoms. The van der Waals surface area contributed by atoms with E-state index in [1.807, 2.05) is 0 Å². The summed E-state index contributed by atoms with van der Waals surface area (Å²) in [5, 5.41) is 0. The van der Waals surface area contributed by atoms with Gasteiger partial charge in [-0.1, -0.05) is 0 Å². The van der Waals surface area contributed by atoms with Crippen molar-refractivity contribution in [3.8, 4) is 0 Å². The van der Waals surface area contributed by atoms with E-state index in [2.05, 4.69) is 0 Å². The second-order valence-corrected chi connectivity index (χ2v) is 0.848. The fourth-order valence-electron chi connectivity index (χ4n) is 0. The fraction of sp³-hybridized carbons (Fsp3) is 0. The van der Waals surface area contributed by atoms with Gasteiger partial charge in [0.1, 0.15) is 0 Å². The Morgan fingerprint density at radius 3 is 1.43 bits per heavy atom. The van der Waals surface area contributed by atoms with Crippen molar-refractivity contribution in [2.45, 2.75) is 0 Å². The predicted octanol–water partition coefficient (Wildman–Crippen LogP) is -2.96. The standard InChI is InChI=1S/Ca.Ga.Nb.H2O3Si.5H/c;;;1-4(2)3;;;;;/h;;;1-2H;;;;;/q+2;;;;;;;2*-1. The molecule has 0 unspecified atom stereocenters. The Bertz CT molecular complexity index is 44.8. The van der Waals surface area contributed by atoms with Crippen molar-refractivity contribution in [3.05, 3.63) is 0 Å². The Kier molecular flexibility index (Phi) is 51.3. The van der Waals surface area contributed by atoms with Gasteiger partial charge < -0.3 is 12.4 Å². The van der Waals surface area contributed by atoms with Gasteiger partial charge in [-0.15, -0.1) is 0 Å². The van der Waals surface area contributed by atoms with Gasteiger partial charge >= 0.3 is 66.7 Å². The normalized spacial score (nSPS) is 3.43.